The Kier molecular flexibility index (Phi) is 6.57. The summed E-state index contributed by atoms with van der Waals surface area (Å²) < 4.78 is 32.8. The maximum absolute atomic E-state index is 13.0. The number of benzene rings is 2. The van der Waals surface area contributed by atoms with Crippen molar-refractivity contribution in [2.45, 2.75) is 38.1 Å². The van der Waals surface area contributed by atoms with Gasteiger partial charge in [-0.1, -0.05) is 19.9 Å². The molecule has 10 heteroatoms. The van der Waals surface area contributed by atoms with Gasteiger partial charge in [0.2, 0.25) is 10.0 Å². The molecule has 0 saturated carbocycles. The van der Waals surface area contributed by atoms with E-state index < -0.39 is 20.6 Å². The molecule has 0 aliphatic carbocycles. The number of nitrogens with zero attached hydrogens (tertiary/aromatic N) is 3. The van der Waals surface area contributed by atoms with E-state index in [9.17, 15) is 23.3 Å². The number of rotatable bonds is 6. The van der Waals surface area contributed by atoms with Crippen LogP contribution in [0.3, 0.4) is 0 Å². The van der Waals surface area contributed by atoms with E-state index in [4.69, 9.17) is 4.42 Å². The van der Waals surface area contributed by atoms with Gasteiger partial charge in [-0.2, -0.15) is 4.31 Å². The van der Waals surface area contributed by atoms with Gasteiger partial charge in [-0.3, -0.25) is 15.0 Å². The lowest BCUT2D eigenvalue weighted by Gasteiger charge is -2.34. The lowest BCUT2D eigenvalue weighted by molar-refractivity contribution is -0.385. The molecule has 1 aliphatic heterocycles. The fourth-order valence-electron chi connectivity index (χ4n) is 4.42. The highest BCUT2D eigenvalue weighted by atomic mass is 32.2. The zero-order valence-corrected chi connectivity index (χ0v) is 20.2. The van der Waals surface area contributed by atoms with Crippen LogP contribution in [-0.2, 0) is 16.6 Å². The van der Waals surface area contributed by atoms with E-state index >= 15 is 0 Å². The van der Waals surface area contributed by atoms with E-state index in [1.165, 1.54) is 34.1 Å². The molecule has 0 bridgehead atoms. The summed E-state index contributed by atoms with van der Waals surface area (Å²) in [5, 5.41) is 11.9. The molecule has 4 rings (SSSR count). The molecule has 1 aromatic heterocycles. The summed E-state index contributed by atoms with van der Waals surface area (Å²) in [6.45, 7) is 8.18. The Bertz CT molecular complexity index is 1410. The van der Waals surface area contributed by atoms with Gasteiger partial charge in [-0.05, 0) is 47.7 Å². The minimum Gasteiger partial charge on any atom is -0.423 e. The molecular formula is C24H27N3O6S. The summed E-state index contributed by atoms with van der Waals surface area (Å²) >= 11 is 0. The number of aryl methyl sites for hydroxylation is 1. The van der Waals surface area contributed by atoms with Crippen LogP contribution in [0.5, 0.6) is 0 Å². The summed E-state index contributed by atoms with van der Waals surface area (Å²) in [6.07, 6.45) is 0. The lowest BCUT2D eigenvalue weighted by atomic mass is 9.95. The second-order valence-electron chi connectivity index (χ2n) is 8.89. The highest BCUT2D eigenvalue weighted by Gasteiger charge is 2.29. The van der Waals surface area contributed by atoms with Gasteiger partial charge in [0, 0.05) is 56.3 Å². The quantitative estimate of drug-likeness (QED) is 0.297. The topological polar surface area (TPSA) is 114 Å². The maximum Gasteiger partial charge on any atom is 0.336 e. The molecule has 0 atom stereocenters. The van der Waals surface area contributed by atoms with E-state index in [-0.39, 0.29) is 23.7 Å². The first-order valence-corrected chi connectivity index (χ1v) is 12.5. The zero-order valence-electron chi connectivity index (χ0n) is 19.4. The fraction of sp³-hybridized carbons (Fsp3) is 0.375. The molecule has 3 aromatic rings. The predicted molar refractivity (Wildman–Crippen MR) is 128 cm³/mol. The molecule has 1 aliphatic rings. The van der Waals surface area contributed by atoms with E-state index in [0.717, 1.165) is 22.6 Å². The van der Waals surface area contributed by atoms with Gasteiger partial charge in [-0.15, -0.1) is 0 Å². The summed E-state index contributed by atoms with van der Waals surface area (Å²) in [7, 11) is -3.84. The maximum atomic E-state index is 13.0. The first-order chi connectivity index (χ1) is 16.1. The number of sulfonamides is 1. The first-order valence-electron chi connectivity index (χ1n) is 11.1. The van der Waals surface area contributed by atoms with Crippen LogP contribution in [0.4, 0.5) is 5.69 Å². The third-order valence-electron chi connectivity index (χ3n) is 6.23. The largest absolute Gasteiger partial charge is 0.423 e. The standard InChI is InChI=1S/C24H27N3O6S/c1-16(2)21-14-22-18(12-24(28)33-23(22)11-17(21)3)15-25-7-9-26(10-8-25)34(31,32)20-6-4-5-19(13-20)27(29)30/h4-6,11-14,16H,7-10,15H2,1-3H3. The van der Waals surface area contributed by atoms with Crippen molar-refractivity contribution >= 4 is 26.7 Å². The van der Waals surface area contributed by atoms with Crippen molar-refractivity contribution in [3.8, 4) is 0 Å². The average Bonchev–Trinajstić information content (AvgIpc) is 2.78. The van der Waals surface area contributed by atoms with E-state index in [1.807, 2.05) is 13.0 Å². The number of piperazine rings is 1. The minimum atomic E-state index is -3.84. The number of hydrogen-bond donors (Lipinski definition) is 0. The Balaban J connectivity index is 1.53. The van der Waals surface area contributed by atoms with Gasteiger partial charge in [0.1, 0.15) is 5.58 Å². The van der Waals surface area contributed by atoms with Gasteiger partial charge in [0.25, 0.3) is 5.69 Å². The monoisotopic (exact) mass is 485 g/mol. The molecule has 0 radical (unpaired) electrons. The van der Waals surface area contributed by atoms with Gasteiger partial charge in [0.05, 0.1) is 9.82 Å². The molecular weight excluding hydrogens is 458 g/mol. The number of nitro groups is 1. The molecule has 180 valence electrons. The SMILES string of the molecule is Cc1cc2oc(=O)cc(CN3CCN(S(=O)(=O)c4cccc([N+](=O)[O-])c4)CC3)c2cc1C(C)C. The highest BCUT2D eigenvalue weighted by molar-refractivity contribution is 7.89. The summed E-state index contributed by atoms with van der Waals surface area (Å²) in [6, 6.07) is 10.6. The molecule has 0 spiro atoms. The van der Waals surface area contributed by atoms with Crippen LogP contribution < -0.4 is 5.63 Å². The van der Waals surface area contributed by atoms with Crippen molar-refractivity contribution in [1.82, 2.24) is 9.21 Å². The fourth-order valence-corrected chi connectivity index (χ4v) is 5.88. The van der Waals surface area contributed by atoms with E-state index in [2.05, 4.69) is 24.8 Å². The average molecular weight is 486 g/mol. The van der Waals surface area contributed by atoms with Crippen LogP contribution in [0.15, 0.2) is 56.6 Å². The van der Waals surface area contributed by atoms with Crippen molar-refractivity contribution < 1.29 is 17.8 Å². The van der Waals surface area contributed by atoms with Crippen molar-refractivity contribution in [3.05, 3.63) is 79.7 Å². The molecule has 1 fully saturated rings. The summed E-state index contributed by atoms with van der Waals surface area (Å²) in [5.74, 6) is 0.326. The van der Waals surface area contributed by atoms with Crippen molar-refractivity contribution in [2.24, 2.45) is 0 Å². The van der Waals surface area contributed by atoms with Crippen LogP contribution in [-0.4, -0.2) is 48.7 Å². The number of fused-ring (bicyclic) bond motifs is 1. The van der Waals surface area contributed by atoms with Crippen LogP contribution in [0.2, 0.25) is 0 Å². The molecule has 0 amide bonds. The third-order valence-corrected chi connectivity index (χ3v) is 8.12. The Labute approximate surface area is 197 Å². The normalized spacial score (nSPS) is 15.8. The van der Waals surface area contributed by atoms with Crippen LogP contribution in [0.25, 0.3) is 11.0 Å². The van der Waals surface area contributed by atoms with E-state index in [1.54, 1.807) is 0 Å². The highest BCUT2D eigenvalue weighted by Crippen LogP contribution is 2.28. The Morgan fingerprint density at radius 3 is 2.44 bits per heavy atom. The number of non-ortho nitro benzene ring substituents is 1. The lowest BCUT2D eigenvalue weighted by Crippen LogP contribution is -2.48. The Morgan fingerprint density at radius 2 is 1.79 bits per heavy atom. The summed E-state index contributed by atoms with van der Waals surface area (Å²) in [5.41, 5.74) is 2.99. The molecule has 9 nitrogen and oxygen atoms in total. The van der Waals surface area contributed by atoms with Crippen LogP contribution >= 0.6 is 0 Å². The number of nitro benzene ring substituents is 1. The van der Waals surface area contributed by atoms with Gasteiger partial charge >= 0.3 is 5.63 Å². The van der Waals surface area contributed by atoms with Gasteiger partial charge in [0.15, 0.2) is 0 Å². The van der Waals surface area contributed by atoms with Gasteiger partial charge in [-0.25, -0.2) is 13.2 Å². The van der Waals surface area contributed by atoms with E-state index in [0.29, 0.717) is 31.1 Å². The van der Waals surface area contributed by atoms with Crippen LogP contribution in [0.1, 0.15) is 36.5 Å². The molecule has 34 heavy (non-hydrogen) atoms. The third kappa shape index (κ3) is 4.75. The molecule has 2 heterocycles. The second kappa shape index (κ2) is 9.28. The smallest absolute Gasteiger partial charge is 0.336 e. The summed E-state index contributed by atoms with van der Waals surface area (Å²) in [4.78, 5) is 24.6. The Hall–Kier alpha value is -3.08. The molecule has 2 aromatic carbocycles. The van der Waals surface area contributed by atoms with Crippen molar-refractivity contribution in [1.29, 1.82) is 0 Å². The van der Waals surface area contributed by atoms with Crippen LogP contribution in [0, 0.1) is 17.0 Å². The molecule has 1 saturated heterocycles. The van der Waals surface area contributed by atoms with Gasteiger partial charge < -0.3 is 4.42 Å². The Morgan fingerprint density at radius 1 is 1.09 bits per heavy atom. The first kappa shape index (κ1) is 24.1. The van der Waals surface area contributed by atoms with Crippen molar-refractivity contribution in [2.75, 3.05) is 26.2 Å². The molecule has 0 unspecified atom stereocenters. The van der Waals surface area contributed by atoms with Crippen molar-refractivity contribution in [3.63, 3.8) is 0 Å². The number of hydrogen-bond acceptors (Lipinski definition) is 7. The predicted octanol–water partition coefficient (Wildman–Crippen LogP) is 3.64. The zero-order chi connectivity index (χ0) is 24.6. The minimum absolute atomic E-state index is 0.0848. The molecule has 0 N–H and O–H groups in total. The second-order valence-corrected chi connectivity index (χ2v) is 10.8.